The van der Waals surface area contributed by atoms with Crippen LogP contribution >= 0.6 is 0 Å². The minimum atomic E-state index is -3.77. The van der Waals surface area contributed by atoms with E-state index in [9.17, 15) is 22.4 Å². The van der Waals surface area contributed by atoms with E-state index < -0.39 is 27.4 Å². The van der Waals surface area contributed by atoms with Crippen LogP contribution in [0.3, 0.4) is 0 Å². The highest BCUT2D eigenvalue weighted by Gasteiger charge is 2.36. The van der Waals surface area contributed by atoms with Gasteiger partial charge < -0.3 is 10.2 Å². The van der Waals surface area contributed by atoms with Crippen molar-refractivity contribution in [3.8, 4) is 0 Å². The zero-order valence-electron chi connectivity index (χ0n) is 24.6. The van der Waals surface area contributed by atoms with Gasteiger partial charge >= 0.3 is 0 Å². The molecule has 224 valence electrons. The third-order valence-corrected chi connectivity index (χ3v) is 9.36. The Labute approximate surface area is 252 Å². The fourth-order valence-corrected chi connectivity index (χ4v) is 7.28. The third kappa shape index (κ3) is 6.57. The van der Waals surface area contributed by atoms with Crippen LogP contribution in [0.4, 0.5) is 10.1 Å². The molecule has 1 N–H and O–H groups in total. The van der Waals surface area contributed by atoms with E-state index in [0.29, 0.717) is 16.6 Å². The summed E-state index contributed by atoms with van der Waals surface area (Å²) in [5, 5.41) is 4.51. The zero-order chi connectivity index (χ0) is 30.8. The van der Waals surface area contributed by atoms with E-state index in [0.717, 1.165) is 10.9 Å². The van der Waals surface area contributed by atoms with E-state index in [2.05, 4.69) is 5.32 Å². The molecular formula is C34H36FN3O4S. The van der Waals surface area contributed by atoms with E-state index in [1.54, 1.807) is 36.4 Å². The predicted octanol–water partition coefficient (Wildman–Crippen LogP) is 5.82. The lowest BCUT2D eigenvalue weighted by atomic mass is 10.00. The minimum Gasteiger partial charge on any atom is -0.350 e. The van der Waals surface area contributed by atoms with Gasteiger partial charge in [0.2, 0.25) is 11.8 Å². The Bertz CT molecular complexity index is 1750. The van der Waals surface area contributed by atoms with Gasteiger partial charge in [0.1, 0.15) is 11.9 Å². The summed E-state index contributed by atoms with van der Waals surface area (Å²) < 4.78 is 43.0. The number of hydrogen-bond donors (Lipinski definition) is 1. The number of carbonyl (C=O) groups excluding carboxylic acids is 2. The number of amides is 2. The van der Waals surface area contributed by atoms with Crippen LogP contribution in [0.15, 0.2) is 95.9 Å². The average molecular weight is 602 g/mol. The highest BCUT2D eigenvalue weighted by Crippen LogP contribution is 2.42. The molecule has 5 rings (SSSR count). The molecule has 1 heterocycles. The number of sulfonamides is 1. The quantitative estimate of drug-likeness (QED) is 0.248. The molecule has 4 aromatic carbocycles. The fourth-order valence-electron chi connectivity index (χ4n) is 5.53. The van der Waals surface area contributed by atoms with Crippen LogP contribution in [0.5, 0.6) is 0 Å². The molecular weight excluding hydrogens is 565 g/mol. The maximum atomic E-state index is 14.8. The Kier molecular flexibility index (Phi) is 8.55. The van der Waals surface area contributed by atoms with Gasteiger partial charge in [-0.1, -0.05) is 72.8 Å². The summed E-state index contributed by atoms with van der Waals surface area (Å²) in [6.07, 6.45) is 0.427. The van der Waals surface area contributed by atoms with Gasteiger partial charge in [0, 0.05) is 42.4 Å². The number of rotatable bonds is 10. The van der Waals surface area contributed by atoms with E-state index >= 15 is 0 Å². The number of halogens is 1. The largest absolute Gasteiger partial charge is 0.350 e. The number of benzene rings is 4. The summed E-state index contributed by atoms with van der Waals surface area (Å²) in [6.45, 7) is 5.58. The van der Waals surface area contributed by atoms with Crippen molar-refractivity contribution >= 4 is 38.3 Å². The molecule has 0 saturated carbocycles. The van der Waals surface area contributed by atoms with Crippen LogP contribution < -0.4 is 9.62 Å². The van der Waals surface area contributed by atoms with E-state index in [4.69, 9.17) is 0 Å². The topological polar surface area (TPSA) is 86.8 Å². The number of nitrogens with one attached hydrogen (secondary N) is 1. The molecule has 0 bridgehead atoms. The summed E-state index contributed by atoms with van der Waals surface area (Å²) in [5.74, 6) is -1.17. The van der Waals surface area contributed by atoms with Gasteiger partial charge in [-0.3, -0.25) is 13.9 Å². The molecule has 1 aliphatic rings. The average Bonchev–Trinajstić information content (AvgIpc) is 3.18. The van der Waals surface area contributed by atoms with Crippen molar-refractivity contribution in [3.05, 3.63) is 108 Å². The monoisotopic (exact) mass is 601 g/mol. The molecule has 9 heteroatoms. The summed E-state index contributed by atoms with van der Waals surface area (Å²) >= 11 is 0. The van der Waals surface area contributed by atoms with Gasteiger partial charge in [-0.2, -0.15) is 0 Å². The van der Waals surface area contributed by atoms with Gasteiger partial charge in [-0.05, 0) is 56.3 Å². The Morgan fingerprint density at radius 3 is 2.28 bits per heavy atom. The van der Waals surface area contributed by atoms with Crippen molar-refractivity contribution in [2.75, 3.05) is 10.8 Å². The summed E-state index contributed by atoms with van der Waals surface area (Å²) in [7, 11) is -3.77. The minimum absolute atomic E-state index is 0.0269. The molecule has 4 aromatic rings. The van der Waals surface area contributed by atoms with E-state index in [1.165, 1.54) is 15.3 Å². The lowest BCUT2D eigenvalue weighted by molar-refractivity contribution is -0.142. The molecule has 1 atom stereocenters. The van der Waals surface area contributed by atoms with Gasteiger partial charge in [0.15, 0.2) is 0 Å². The molecule has 1 aliphatic heterocycles. The lowest BCUT2D eigenvalue weighted by Gasteiger charge is -2.34. The number of carbonyl (C=O) groups is 2. The summed E-state index contributed by atoms with van der Waals surface area (Å²) in [6, 6.07) is 25.3. The van der Waals surface area contributed by atoms with Gasteiger partial charge in [0.05, 0.1) is 10.6 Å². The van der Waals surface area contributed by atoms with Crippen LogP contribution in [0.2, 0.25) is 0 Å². The molecule has 0 aliphatic carbocycles. The first-order valence-electron chi connectivity index (χ1n) is 14.4. The third-order valence-electron chi connectivity index (χ3n) is 7.50. The molecule has 0 aromatic heterocycles. The van der Waals surface area contributed by atoms with E-state index in [-0.39, 0.29) is 49.1 Å². The van der Waals surface area contributed by atoms with Gasteiger partial charge in [0.25, 0.3) is 10.0 Å². The fraction of sp³-hybridized carbons (Fsp3) is 0.294. The second kappa shape index (κ2) is 12.2. The summed E-state index contributed by atoms with van der Waals surface area (Å²) in [4.78, 5) is 29.3. The molecule has 0 fully saturated rings. The molecule has 0 saturated heterocycles. The van der Waals surface area contributed by atoms with Crippen LogP contribution in [-0.2, 0) is 32.6 Å². The van der Waals surface area contributed by atoms with Crippen LogP contribution in [0, 0.1) is 5.82 Å². The Morgan fingerprint density at radius 2 is 1.58 bits per heavy atom. The summed E-state index contributed by atoms with van der Waals surface area (Å²) in [5.41, 5.74) is 1.19. The smallest absolute Gasteiger partial charge is 0.265 e. The van der Waals surface area contributed by atoms with Crippen molar-refractivity contribution in [2.45, 2.75) is 63.1 Å². The van der Waals surface area contributed by atoms with Crippen LogP contribution in [0.1, 0.15) is 44.7 Å². The highest BCUT2D eigenvalue weighted by atomic mass is 32.2. The SMILES string of the molecule is CC(C)(C)NC(=O)C(Cc1ccccc1)N(Cc1ccccc1F)C(=O)CCCN1c2cccc3cccc(c23)S1(=O)=O. The molecule has 0 radical (unpaired) electrons. The van der Waals surface area contributed by atoms with Crippen LogP contribution in [-0.4, -0.2) is 43.3 Å². The first-order chi connectivity index (χ1) is 20.5. The van der Waals surface area contributed by atoms with Gasteiger partial charge in [-0.15, -0.1) is 0 Å². The number of hydrogen-bond acceptors (Lipinski definition) is 4. The lowest BCUT2D eigenvalue weighted by Crippen LogP contribution is -2.54. The van der Waals surface area contributed by atoms with Gasteiger partial charge in [-0.25, -0.2) is 12.8 Å². The second-order valence-electron chi connectivity index (χ2n) is 11.9. The van der Waals surface area contributed by atoms with Crippen molar-refractivity contribution in [1.82, 2.24) is 10.2 Å². The molecule has 1 unspecified atom stereocenters. The highest BCUT2D eigenvalue weighted by molar-refractivity contribution is 7.93. The van der Waals surface area contributed by atoms with Crippen molar-refractivity contribution in [1.29, 1.82) is 0 Å². The first kappa shape index (κ1) is 30.2. The van der Waals surface area contributed by atoms with Crippen molar-refractivity contribution in [3.63, 3.8) is 0 Å². The Hall–Kier alpha value is -4.24. The number of nitrogens with zero attached hydrogens (tertiary/aromatic N) is 2. The second-order valence-corrected chi connectivity index (χ2v) is 13.7. The van der Waals surface area contributed by atoms with Crippen LogP contribution in [0.25, 0.3) is 10.8 Å². The molecule has 43 heavy (non-hydrogen) atoms. The molecule has 0 spiro atoms. The standard InChI is InChI=1S/C34H36FN3O4S/c1-34(2,3)36-33(40)29(22-24-12-5-4-6-13-24)37(23-26-14-7-8-17-27(26)35)31(39)20-11-21-38-28-18-9-15-25-16-10-19-30(32(25)28)43(38,41)42/h4-10,12-19,29H,11,20-23H2,1-3H3,(H,36,40). The van der Waals surface area contributed by atoms with Crippen molar-refractivity contribution in [2.24, 2.45) is 0 Å². The Balaban J connectivity index is 1.41. The number of anilines is 1. The maximum absolute atomic E-state index is 14.8. The normalized spacial score (nSPS) is 14.5. The first-order valence-corrected chi connectivity index (χ1v) is 15.8. The Morgan fingerprint density at radius 1 is 0.907 bits per heavy atom. The van der Waals surface area contributed by atoms with Crippen molar-refractivity contribution < 1.29 is 22.4 Å². The maximum Gasteiger partial charge on any atom is 0.265 e. The predicted molar refractivity (Wildman–Crippen MR) is 166 cm³/mol. The van der Waals surface area contributed by atoms with E-state index in [1.807, 2.05) is 69.3 Å². The zero-order valence-corrected chi connectivity index (χ0v) is 25.4. The molecule has 2 amide bonds. The molecule has 7 nitrogen and oxygen atoms in total.